The van der Waals surface area contributed by atoms with Crippen LogP contribution < -0.4 is 4.72 Å². The molecule has 0 radical (unpaired) electrons. The molecule has 0 aliphatic heterocycles. The van der Waals surface area contributed by atoms with E-state index in [1.54, 1.807) is 6.07 Å². The van der Waals surface area contributed by atoms with Gasteiger partial charge in [0.1, 0.15) is 0 Å². The van der Waals surface area contributed by atoms with Gasteiger partial charge in [-0.1, -0.05) is 25.7 Å². The van der Waals surface area contributed by atoms with Crippen molar-refractivity contribution in [3.63, 3.8) is 0 Å². The van der Waals surface area contributed by atoms with Crippen molar-refractivity contribution in [3.8, 4) is 6.07 Å². The smallest absolute Gasteiger partial charge is 0.211 e. The summed E-state index contributed by atoms with van der Waals surface area (Å²) in [6.07, 6.45) is 6.36. The highest BCUT2D eigenvalue weighted by Gasteiger charge is 2.18. The molecule has 0 bridgehead atoms. The van der Waals surface area contributed by atoms with Gasteiger partial charge in [-0.3, -0.25) is 0 Å². The van der Waals surface area contributed by atoms with Gasteiger partial charge in [-0.25, -0.2) is 13.1 Å². The molecule has 0 aromatic rings. The molecule has 0 unspecified atom stereocenters. The Labute approximate surface area is 85.4 Å². The molecule has 5 heteroatoms. The molecular weight excluding hydrogens is 200 g/mol. The van der Waals surface area contributed by atoms with Crippen LogP contribution in [0, 0.1) is 11.3 Å². The van der Waals surface area contributed by atoms with Crippen LogP contribution in [0.2, 0.25) is 0 Å². The highest BCUT2D eigenvalue weighted by atomic mass is 32.2. The molecule has 4 nitrogen and oxygen atoms in total. The van der Waals surface area contributed by atoms with Gasteiger partial charge in [-0.05, 0) is 12.8 Å². The average Bonchev–Trinajstić information content (AvgIpc) is 2.31. The lowest BCUT2D eigenvalue weighted by molar-refractivity contribution is 0.512. The fraction of sp³-hybridized carbons (Fsp3) is 0.889. The molecule has 1 N–H and O–H groups in total. The lowest BCUT2D eigenvalue weighted by Gasteiger charge is -2.14. The summed E-state index contributed by atoms with van der Waals surface area (Å²) in [5.74, 6) is -0.427. The fourth-order valence-electron chi connectivity index (χ4n) is 1.78. The minimum atomic E-state index is -3.36. The summed E-state index contributed by atoms with van der Waals surface area (Å²) in [6, 6.07) is 1.71. The normalized spacial score (nSPS) is 19.9. The van der Waals surface area contributed by atoms with Crippen molar-refractivity contribution < 1.29 is 8.42 Å². The summed E-state index contributed by atoms with van der Waals surface area (Å²) in [4.78, 5) is 0. The number of nitrogens with one attached hydrogen (secondary N) is 1. The zero-order valence-corrected chi connectivity index (χ0v) is 9.02. The summed E-state index contributed by atoms with van der Waals surface area (Å²) in [6.45, 7) is 0. The molecule has 0 saturated heterocycles. The third-order valence-electron chi connectivity index (χ3n) is 2.46. The number of hydrogen-bond acceptors (Lipinski definition) is 3. The maximum atomic E-state index is 11.3. The van der Waals surface area contributed by atoms with E-state index in [9.17, 15) is 8.42 Å². The molecular formula is C9H16N2O2S. The molecule has 80 valence electrons. The van der Waals surface area contributed by atoms with Crippen LogP contribution >= 0.6 is 0 Å². The van der Waals surface area contributed by atoms with Crippen molar-refractivity contribution >= 4 is 10.0 Å². The number of hydrogen-bond donors (Lipinski definition) is 1. The first kappa shape index (κ1) is 11.5. The summed E-state index contributed by atoms with van der Waals surface area (Å²) >= 11 is 0. The minimum Gasteiger partial charge on any atom is -0.211 e. The molecule has 1 saturated carbocycles. The van der Waals surface area contributed by atoms with Gasteiger partial charge in [0.2, 0.25) is 10.0 Å². The Kier molecular flexibility index (Phi) is 4.36. The highest BCUT2D eigenvalue weighted by Crippen LogP contribution is 2.17. The molecule has 0 aromatic carbocycles. The Bertz CT molecular complexity index is 297. The van der Waals surface area contributed by atoms with Gasteiger partial charge in [-0.15, -0.1) is 0 Å². The maximum Gasteiger partial charge on any atom is 0.225 e. The first-order valence-electron chi connectivity index (χ1n) is 5.01. The Morgan fingerprint density at radius 3 is 2.29 bits per heavy atom. The fourth-order valence-corrected chi connectivity index (χ4v) is 2.77. The van der Waals surface area contributed by atoms with Crippen LogP contribution in [0.5, 0.6) is 0 Å². The van der Waals surface area contributed by atoms with E-state index in [1.165, 1.54) is 12.8 Å². The first-order valence-corrected chi connectivity index (χ1v) is 6.66. The lowest BCUT2D eigenvalue weighted by atomic mass is 10.1. The number of nitriles is 1. The second kappa shape index (κ2) is 5.32. The summed E-state index contributed by atoms with van der Waals surface area (Å²) in [5.41, 5.74) is 0. The predicted octanol–water partition coefficient (Wildman–Crippen LogP) is 1.15. The second-order valence-corrected chi connectivity index (χ2v) is 5.48. The molecule has 0 aromatic heterocycles. The third kappa shape index (κ3) is 4.07. The van der Waals surface area contributed by atoms with Gasteiger partial charge in [0.05, 0.1) is 6.07 Å². The SMILES string of the molecule is N#CCS(=O)(=O)NC1CCCCCC1. The van der Waals surface area contributed by atoms with Crippen molar-refractivity contribution in [2.24, 2.45) is 0 Å². The summed E-state index contributed by atoms with van der Waals surface area (Å²) < 4.78 is 25.1. The Balaban J connectivity index is 2.46. The topological polar surface area (TPSA) is 70.0 Å². The zero-order chi connectivity index (χ0) is 10.4. The van der Waals surface area contributed by atoms with Crippen molar-refractivity contribution in [1.82, 2.24) is 4.72 Å². The maximum absolute atomic E-state index is 11.3. The molecule has 0 amide bonds. The Morgan fingerprint density at radius 2 is 1.79 bits per heavy atom. The van der Waals surface area contributed by atoms with Gasteiger partial charge in [0.15, 0.2) is 5.75 Å². The van der Waals surface area contributed by atoms with E-state index in [1.807, 2.05) is 0 Å². The van der Waals surface area contributed by atoms with E-state index in [0.717, 1.165) is 25.7 Å². The van der Waals surface area contributed by atoms with Crippen LogP contribution in [-0.2, 0) is 10.0 Å². The standard InChI is InChI=1S/C9H16N2O2S/c10-7-8-14(12,13)11-9-5-3-1-2-4-6-9/h9,11H,1-6,8H2. The second-order valence-electron chi connectivity index (χ2n) is 3.72. The van der Waals surface area contributed by atoms with E-state index in [-0.39, 0.29) is 6.04 Å². The number of sulfonamides is 1. The van der Waals surface area contributed by atoms with Gasteiger partial charge in [0, 0.05) is 6.04 Å². The van der Waals surface area contributed by atoms with E-state index in [4.69, 9.17) is 5.26 Å². The summed E-state index contributed by atoms with van der Waals surface area (Å²) in [7, 11) is -3.36. The third-order valence-corrected chi connectivity index (χ3v) is 3.66. The molecule has 0 spiro atoms. The Morgan fingerprint density at radius 1 is 1.21 bits per heavy atom. The van der Waals surface area contributed by atoms with Crippen molar-refractivity contribution in [1.29, 1.82) is 5.26 Å². The molecule has 14 heavy (non-hydrogen) atoms. The van der Waals surface area contributed by atoms with E-state index >= 15 is 0 Å². The van der Waals surface area contributed by atoms with E-state index in [2.05, 4.69) is 4.72 Å². The summed E-state index contributed by atoms with van der Waals surface area (Å²) in [5, 5.41) is 8.32. The minimum absolute atomic E-state index is 0.0517. The molecule has 1 aliphatic carbocycles. The van der Waals surface area contributed by atoms with Crippen LogP contribution in [0.1, 0.15) is 38.5 Å². The van der Waals surface area contributed by atoms with Crippen LogP contribution in [-0.4, -0.2) is 20.2 Å². The number of rotatable bonds is 3. The molecule has 1 rings (SSSR count). The van der Waals surface area contributed by atoms with Crippen molar-refractivity contribution in [3.05, 3.63) is 0 Å². The van der Waals surface area contributed by atoms with Gasteiger partial charge in [0.25, 0.3) is 0 Å². The van der Waals surface area contributed by atoms with Crippen LogP contribution in [0.3, 0.4) is 0 Å². The molecule has 1 aliphatic rings. The van der Waals surface area contributed by atoms with E-state index < -0.39 is 15.8 Å². The van der Waals surface area contributed by atoms with Gasteiger partial charge >= 0.3 is 0 Å². The lowest BCUT2D eigenvalue weighted by Crippen LogP contribution is -2.35. The Hall–Kier alpha value is -0.600. The molecule has 0 heterocycles. The van der Waals surface area contributed by atoms with Gasteiger partial charge in [-0.2, -0.15) is 5.26 Å². The van der Waals surface area contributed by atoms with E-state index in [0.29, 0.717) is 0 Å². The zero-order valence-electron chi connectivity index (χ0n) is 8.20. The van der Waals surface area contributed by atoms with Crippen molar-refractivity contribution in [2.45, 2.75) is 44.6 Å². The van der Waals surface area contributed by atoms with Gasteiger partial charge < -0.3 is 0 Å². The average molecular weight is 216 g/mol. The largest absolute Gasteiger partial charge is 0.225 e. The monoisotopic (exact) mass is 216 g/mol. The molecule has 0 atom stereocenters. The highest BCUT2D eigenvalue weighted by molar-refractivity contribution is 7.89. The van der Waals surface area contributed by atoms with Crippen LogP contribution in [0.25, 0.3) is 0 Å². The number of nitrogens with zero attached hydrogens (tertiary/aromatic N) is 1. The van der Waals surface area contributed by atoms with Crippen LogP contribution in [0.4, 0.5) is 0 Å². The molecule has 1 fully saturated rings. The quantitative estimate of drug-likeness (QED) is 0.719. The van der Waals surface area contributed by atoms with Crippen LogP contribution in [0.15, 0.2) is 0 Å². The van der Waals surface area contributed by atoms with Crippen molar-refractivity contribution in [2.75, 3.05) is 5.75 Å². The first-order chi connectivity index (χ1) is 6.64. The predicted molar refractivity (Wildman–Crippen MR) is 54.0 cm³/mol.